The highest BCUT2D eigenvalue weighted by molar-refractivity contribution is 9.10. The molecule has 0 amide bonds. The zero-order valence-corrected chi connectivity index (χ0v) is 15.0. The van der Waals surface area contributed by atoms with Crippen LogP contribution in [0.2, 0.25) is 5.02 Å². The SMILES string of the molecule is [2H]c1cccc(C([2H])([2H])Oc2c([2H])c([2H])c(-n3nc([2H])c4c(Br)c([2H])c(Cl)c([2H])c43)c([2H])c2F)c1[2H]. The van der Waals surface area contributed by atoms with Gasteiger partial charge in [-0.25, -0.2) is 9.07 Å². The molecule has 0 radical (unpaired) electrons. The molecule has 0 unspecified atom stereocenters. The van der Waals surface area contributed by atoms with E-state index >= 15 is 4.39 Å². The van der Waals surface area contributed by atoms with Crippen LogP contribution >= 0.6 is 27.5 Å². The van der Waals surface area contributed by atoms with E-state index in [9.17, 15) is 0 Å². The van der Waals surface area contributed by atoms with Gasteiger partial charge < -0.3 is 4.74 Å². The Kier molecular flexibility index (Phi) is 2.46. The number of ether oxygens (including phenoxy) is 1. The molecule has 4 rings (SSSR count). The Labute approximate surface area is 177 Å². The Morgan fingerprint density at radius 1 is 1.27 bits per heavy atom. The number of fused-ring (bicyclic) bond motifs is 1. The molecule has 0 saturated carbocycles. The first-order valence-corrected chi connectivity index (χ1v) is 8.26. The minimum atomic E-state index is -2.89. The number of halogens is 3. The van der Waals surface area contributed by atoms with Gasteiger partial charge in [0.1, 0.15) is 6.56 Å². The van der Waals surface area contributed by atoms with Crippen LogP contribution < -0.4 is 4.74 Å². The lowest BCUT2D eigenvalue weighted by Gasteiger charge is -2.10. The van der Waals surface area contributed by atoms with Crippen molar-refractivity contribution in [3.8, 4) is 11.4 Å². The van der Waals surface area contributed by atoms with E-state index in [1.807, 2.05) is 0 Å². The maximum absolute atomic E-state index is 15.4. The van der Waals surface area contributed by atoms with Gasteiger partial charge in [0.2, 0.25) is 0 Å². The van der Waals surface area contributed by atoms with Crippen LogP contribution in [0.3, 0.4) is 0 Å². The van der Waals surface area contributed by atoms with Crippen molar-refractivity contribution in [2.45, 2.75) is 6.56 Å². The smallest absolute Gasteiger partial charge is 0.167 e. The van der Waals surface area contributed by atoms with Gasteiger partial charge in [-0.15, -0.1) is 0 Å². The Morgan fingerprint density at radius 3 is 3.04 bits per heavy atom. The highest BCUT2D eigenvalue weighted by Crippen LogP contribution is 2.30. The first-order chi connectivity index (χ1) is 16.7. The molecule has 6 heteroatoms. The first-order valence-electron chi connectivity index (χ1n) is 12.1. The lowest BCUT2D eigenvalue weighted by Crippen LogP contribution is -2.00. The molecule has 0 aliphatic carbocycles. The average Bonchev–Trinajstić information content (AvgIpc) is 3.16. The van der Waals surface area contributed by atoms with Crippen LogP contribution in [0.15, 0.2) is 71.1 Å². The number of hydrogen-bond acceptors (Lipinski definition) is 2. The summed E-state index contributed by atoms with van der Waals surface area (Å²) in [5.74, 6) is -2.60. The van der Waals surface area contributed by atoms with Crippen molar-refractivity contribution in [3.63, 3.8) is 0 Å². The molecule has 3 nitrogen and oxygen atoms in total. The molecule has 1 aromatic heterocycles. The Balaban J connectivity index is 1.95. The van der Waals surface area contributed by atoms with Gasteiger partial charge in [0.05, 0.1) is 31.1 Å². The van der Waals surface area contributed by atoms with E-state index in [0.29, 0.717) is 0 Å². The van der Waals surface area contributed by atoms with Gasteiger partial charge in [-0.3, -0.25) is 0 Å². The molecule has 4 aromatic rings. The summed E-state index contributed by atoms with van der Waals surface area (Å²) in [6, 6.07) is -0.693. The molecule has 0 bridgehead atoms. The van der Waals surface area contributed by atoms with Gasteiger partial charge in [0.15, 0.2) is 11.6 Å². The van der Waals surface area contributed by atoms with Gasteiger partial charge >= 0.3 is 0 Å². The summed E-state index contributed by atoms with van der Waals surface area (Å²) in [5, 5.41) is 3.51. The molecular formula is C20H13BrClFN2O. The fourth-order valence-electron chi connectivity index (χ4n) is 2.09. The Bertz CT molecular complexity index is 1550. The van der Waals surface area contributed by atoms with Gasteiger partial charge in [-0.1, -0.05) is 41.9 Å². The summed E-state index contributed by atoms with van der Waals surface area (Å²) < 4.78 is 102. The van der Waals surface area contributed by atoms with Crippen molar-refractivity contribution in [3.05, 3.63) is 87.5 Å². The minimum Gasteiger partial charge on any atom is -0.486 e. The van der Waals surface area contributed by atoms with Crippen LogP contribution in [0.5, 0.6) is 5.75 Å². The number of aromatic nitrogens is 2. The maximum atomic E-state index is 15.4. The highest BCUT2D eigenvalue weighted by Gasteiger charge is 2.12. The molecule has 26 heavy (non-hydrogen) atoms. The lowest BCUT2D eigenvalue weighted by molar-refractivity contribution is 0.290. The average molecular weight is 442 g/mol. The summed E-state index contributed by atoms with van der Waals surface area (Å²) in [4.78, 5) is 0. The van der Waals surface area contributed by atoms with Gasteiger partial charge in [0.25, 0.3) is 0 Å². The Hall–Kier alpha value is -2.37. The second-order valence-electron chi connectivity index (χ2n) is 4.90. The standard InChI is InChI=1S/C20H13BrClFN2O/c21-17-8-14(22)9-19-16(17)11-24-25(19)15-6-7-20(18(23)10-15)26-12-13-4-2-1-3-5-13/h1-11H,12H2/i2D,4D,6D,7D,8D,9D,10D,11D,12D2. The van der Waals surface area contributed by atoms with E-state index in [-0.39, 0.29) is 32.5 Å². The number of nitrogens with zero attached hydrogens (tertiary/aromatic N) is 2. The lowest BCUT2D eigenvalue weighted by atomic mass is 10.2. The van der Waals surface area contributed by atoms with E-state index in [1.54, 1.807) is 0 Å². The van der Waals surface area contributed by atoms with Crippen LogP contribution in [0, 0.1) is 5.82 Å². The normalized spacial score (nSPS) is 17.0. The van der Waals surface area contributed by atoms with Crippen molar-refractivity contribution < 1.29 is 22.8 Å². The zero-order valence-electron chi connectivity index (χ0n) is 22.7. The van der Waals surface area contributed by atoms with E-state index in [2.05, 4.69) is 21.0 Å². The van der Waals surface area contributed by atoms with Gasteiger partial charge in [-0.05, 0) is 45.7 Å². The molecule has 0 atom stereocenters. The van der Waals surface area contributed by atoms with Crippen LogP contribution in [0.1, 0.15) is 19.3 Å². The molecule has 0 saturated heterocycles. The monoisotopic (exact) mass is 440 g/mol. The predicted octanol–water partition coefficient (Wildman–Crippen LogP) is 6.16. The fraction of sp³-hybridized carbons (Fsp3) is 0.0500. The first kappa shape index (κ1) is 9.02. The Morgan fingerprint density at radius 2 is 2.15 bits per heavy atom. The van der Waals surface area contributed by atoms with Crippen LogP contribution in [0.25, 0.3) is 16.6 Å². The van der Waals surface area contributed by atoms with E-state index in [1.165, 1.54) is 12.1 Å². The summed E-state index contributed by atoms with van der Waals surface area (Å²) in [5.41, 5.74) is -1.25. The van der Waals surface area contributed by atoms with Crippen molar-refractivity contribution in [1.29, 1.82) is 0 Å². The number of benzene rings is 3. The zero-order chi connectivity index (χ0) is 26.9. The minimum absolute atomic E-state index is 0.0235. The summed E-state index contributed by atoms with van der Waals surface area (Å²) in [6.07, 6.45) is -0.462. The van der Waals surface area contributed by atoms with Crippen LogP contribution in [0.4, 0.5) is 4.39 Å². The maximum Gasteiger partial charge on any atom is 0.167 e. The number of rotatable bonds is 4. The molecule has 0 aliphatic heterocycles. The molecule has 130 valence electrons. The van der Waals surface area contributed by atoms with Crippen molar-refractivity contribution in [2.24, 2.45) is 0 Å². The third-order valence-electron chi connectivity index (χ3n) is 3.22. The highest BCUT2D eigenvalue weighted by atomic mass is 79.9. The quantitative estimate of drug-likeness (QED) is 0.379. The van der Waals surface area contributed by atoms with Crippen molar-refractivity contribution >= 4 is 38.4 Å². The second-order valence-corrected chi connectivity index (χ2v) is 6.08. The fourth-order valence-corrected chi connectivity index (χ4v) is 2.86. The molecule has 0 spiro atoms. The molecule has 0 fully saturated rings. The van der Waals surface area contributed by atoms with Crippen molar-refractivity contribution in [2.75, 3.05) is 0 Å². The third-order valence-corrected chi connectivity index (χ3v) is 4.01. The largest absolute Gasteiger partial charge is 0.486 e. The van der Waals surface area contributed by atoms with Gasteiger partial charge in [-0.2, -0.15) is 5.10 Å². The topological polar surface area (TPSA) is 27.1 Å². The third kappa shape index (κ3) is 3.32. The van der Waals surface area contributed by atoms with E-state index in [4.69, 9.17) is 30.0 Å². The van der Waals surface area contributed by atoms with Crippen LogP contribution in [-0.4, -0.2) is 9.78 Å². The van der Waals surface area contributed by atoms with Crippen LogP contribution in [-0.2, 0) is 6.56 Å². The number of hydrogen-bond donors (Lipinski definition) is 0. The van der Waals surface area contributed by atoms with E-state index in [0.717, 1.165) is 10.7 Å². The molecule has 3 aromatic carbocycles. The molecule has 1 heterocycles. The predicted molar refractivity (Wildman–Crippen MR) is 105 cm³/mol. The van der Waals surface area contributed by atoms with Gasteiger partial charge in [0, 0.05) is 20.9 Å². The summed E-state index contributed by atoms with van der Waals surface area (Å²) in [7, 11) is 0. The summed E-state index contributed by atoms with van der Waals surface area (Å²) in [6.45, 7) is -2.89. The van der Waals surface area contributed by atoms with E-state index < -0.39 is 65.8 Å². The molecular weight excluding hydrogens is 419 g/mol. The van der Waals surface area contributed by atoms with Crippen molar-refractivity contribution in [1.82, 2.24) is 9.78 Å². The second kappa shape index (κ2) is 7.09. The molecule has 0 N–H and O–H groups in total. The molecule has 0 aliphatic rings. The summed E-state index contributed by atoms with van der Waals surface area (Å²) >= 11 is 9.17.